The Labute approximate surface area is 112 Å². The number of carbonyl (C=O) groups is 1. The van der Waals surface area contributed by atoms with Crippen LogP contribution >= 0.6 is 0 Å². The van der Waals surface area contributed by atoms with Crippen LogP contribution in [0.15, 0.2) is 24.3 Å². The summed E-state index contributed by atoms with van der Waals surface area (Å²) in [6, 6.07) is 9.76. The maximum Gasteiger partial charge on any atom is 0.317 e. The van der Waals surface area contributed by atoms with E-state index in [1.165, 1.54) is 0 Å². The topological polar surface area (TPSA) is 67.6 Å². The summed E-state index contributed by atoms with van der Waals surface area (Å²) in [5.41, 5.74) is 1.81. The fourth-order valence-corrected chi connectivity index (χ4v) is 2.29. The molecular weight excluding hydrogens is 242 g/mol. The maximum absolute atomic E-state index is 10.6. The SMILES string of the molecule is N#Cc1cccc(CN2CCN(CC(=O)O)CC2)c1. The standard InChI is InChI=1S/C14H17N3O2/c15-9-12-2-1-3-13(8-12)10-16-4-6-17(7-5-16)11-14(18)19/h1-3,8H,4-7,10-11H2,(H,18,19). The molecule has 1 aliphatic rings. The molecule has 1 N–H and O–H groups in total. The highest BCUT2D eigenvalue weighted by molar-refractivity contribution is 5.69. The quantitative estimate of drug-likeness (QED) is 0.864. The van der Waals surface area contributed by atoms with Crippen LogP contribution in [-0.4, -0.2) is 53.6 Å². The molecule has 1 saturated heterocycles. The molecule has 1 fully saturated rings. The Hall–Kier alpha value is -1.90. The Morgan fingerprint density at radius 1 is 1.26 bits per heavy atom. The van der Waals surface area contributed by atoms with Crippen molar-refractivity contribution >= 4 is 5.97 Å². The molecule has 100 valence electrons. The Morgan fingerprint density at radius 2 is 1.95 bits per heavy atom. The lowest BCUT2D eigenvalue weighted by molar-refractivity contribution is -0.138. The number of rotatable bonds is 4. The average molecular weight is 259 g/mol. The van der Waals surface area contributed by atoms with Gasteiger partial charge in [-0.2, -0.15) is 5.26 Å². The summed E-state index contributed by atoms with van der Waals surface area (Å²) in [6.07, 6.45) is 0. The van der Waals surface area contributed by atoms with Crippen molar-refractivity contribution in [3.63, 3.8) is 0 Å². The minimum absolute atomic E-state index is 0.123. The van der Waals surface area contributed by atoms with Crippen molar-refractivity contribution in [2.45, 2.75) is 6.54 Å². The van der Waals surface area contributed by atoms with E-state index in [2.05, 4.69) is 11.0 Å². The molecule has 0 amide bonds. The fraction of sp³-hybridized carbons (Fsp3) is 0.429. The fourth-order valence-electron chi connectivity index (χ4n) is 2.29. The lowest BCUT2D eigenvalue weighted by Gasteiger charge is -2.33. The van der Waals surface area contributed by atoms with Crippen molar-refractivity contribution in [2.75, 3.05) is 32.7 Å². The molecular formula is C14H17N3O2. The molecule has 5 nitrogen and oxygen atoms in total. The number of carboxylic acid groups (broad SMARTS) is 1. The Kier molecular flexibility index (Phi) is 4.50. The lowest BCUT2D eigenvalue weighted by Crippen LogP contribution is -2.47. The predicted molar refractivity (Wildman–Crippen MR) is 70.5 cm³/mol. The Bertz CT molecular complexity index is 488. The Balaban J connectivity index is 1.85. The van der Waals surface area contributed by atoms with Crippen molar-refractivity contribution in [3.05, 3.63) is 35.4 Å². The maximum atomic E-state index is 10.6. The van der Waals surface area contributed by atoms with E-state index in [-0.39, 0.29) is 6.54 Å². The number of nitrogens with zero attached hydrogens (tertiary/aromatic N) is 3. The van der Waals surface area contributed by atoms with Crippen LogP contribution in [0.4, 0.5) is 0 Å². The molecule has 0 radical (unpaired) electrons. The van der Waals surface area contributed by atoms with E-state index in [0.717, 1.165) is 38.3 Å². The van der Waals surface area contributed by atoms with E-state index >= 15 is 0 Å². The second kappa shape index (κ2) is 6.32. The van der Waals surface area contributed by atoms with Crippen molar-refractivity contribution in [2.24, 2.45) is 0 Å². The molecule has 1 aromatic carbocycles. The summed E-state index contributed by atoms with van der Waals surface area (Å²) in [7, 11) is 0. The number of piperazine rings is 1. The highest BCUT2D eigenvalue weighted by Gasteiger charge is 2.18. The van der Waals surface area contributed by atoms with Gasteiger partial charge in [0.15, 0.2) is 0 Å². The van der Waals surface area contributed by atoms with Crippen molar-refractivity contribution < 1.29 is 9.90 Å². The molecule has 0 unspecified atom stereocenters. The van der Waals surface area contributed by atoms with Gasteiger partial charge in [-0.1, -0.05) is 12.1 Å². The molecule has 1 aromatic rings. The summed E-state index contributed by atoms with van der Waals surface area (Å²) in [6.45, 7) is 4.23. The van der Waals surface area contributed by atoms with Gasteiger partial charge in [0.05, 0.1) is 18.2 Å². The van der Waals surface area contributed by atoms with Crippen LogP contribution in [0.3, 0.4) is 0 Å². The van der Waals surface area contributed by atoms with Gasteiger partial charge in [0, 0.05) is 32.7 Å². The molecule has 0 aromatic heterocycles. The molecule has 0 spiro atoms. The zero-order valence-corrected chi connectivity index (χ0v) is 10.7. The first-order chi connectivity index (χ1) is 9.17. The summed E-state index contributed by atoms with van der Waals surface area (Å²) < 4.78 is 0. The number of hydrogen-bond donors (Lipinski definition) is 1. The highest BCUT2D eigenvalue weighted by atomic mass is 16.4. The molecule has 0 atom stereocenters. The summed E-state index contributed by atoms with van der Waals surface area (Å²) in [5, 5.41) is 17.6. The molecule has 0 bridgehead atoms. The average Bonchev–Trinajstić information content (AvgIpc) is 2.41. The van der Waals surface area contributed by atoms with Gasteiger partial charge in [0.25, 0.3) is 0 Å². The molecule has 2 rings (SSSR count). The summed E-state index contributed by atoms with van der Waals surface area (Å²) in [4.78, 5) is 14.9. The second-order valence-electron chi connectivity index (χ2n) is 4.76. The molecule has 19 heavy (non-hydrogen) atoms. The first-order valence-electron chi connectivity index (χ1n) is 6.33. The third-order valence-corrected chi connectivity index (χ3v) is 3.29. The van der Waals surface area contributed by atoms with Crippen LogP contribution in [0.5, 0.6) is 0 Å². The third kappa shape index (κ3) is 4.05. The van der Waals surface area contributed by atoms with Crippen molar-refractivity contribution in [1.29, 1.82) is 5.26 Å². The number of hydrogen-bond acceptors (Lipinski definition) is 4. The van der Waals surface area contributed by atoms with Gasteiger partial charge in [-0.05, 0) is 17.7 Å². The highest BCUT2D eigenvalue weighted by Crippen LogP contribution is 2.10. The van der Waals surface area contributed by atoms with Crippen LogP contribution in [-0.2, 0) is 11.3 Å². The van der Waals surface area contributed by atoms with Gasteiger partial charge in [-0.15, -0.1) is 0 Å². The van der Waals surface area contributed by atoms with Crippen molar-refractivity contribution in [3.8, 4) is 6.07 Å². The zero-order chi connectivity index (χ0) is 13.7. The van der Waals surface area contributed by atoms with E-state index in [9.17, 15) is 4.79 Å². The van der Waals surface area contributed by atoms with Gasteiger partial charge in [0.1, 0.15) is 0 Å². The van der Waals surface area contributed by atoms with Gasteiger partial charge in [-0.25, -0.2) is 0 Å². The van der Waals surface area contributed by atoms with E-state index in [0.29, 0.717) is 5.56 Å². The lowest BCUT2D eigenvalue weighted by atomic mass is 10.1. The smallest absolute Gasteiger partial charge is 0.317 e. The molecule has 0 aliphatic carbocycles. The second-order valence-corrected chi connectivity index (χ2v) is 4.76. The van der Waals surface area contributed by atoms with Crippen LogP contribution in [0.1, 0.15) is 11.1 Å². The first kappa shape index (κ1) is 13.5. The number of carboxylic acids is 1. The van der Waals surface area contributed by atoms with Crippen LogP contribution in [0.2, 0.25) is 0 Å². The molecule has 0 saturated carbocycles. The van der Waals surface area contributed by atoms with E-state index < -0.39 is 5.97 Å². The molecule has 1 heterocycles. The zero-order valence-electron chi connectivity index (χ0n) is 10.7. The number of benzene rings is 1. The van der Waals surface area contributed by atoms with Crippen LogP contribution < -0.4 is 0 Å². The van der Waals surface area contributed by atoms with E-state index in [1.807, 2.05) is 23.1 Å². The summed E-state index contributed by atoms with van der Waals surface area (Å²) in [5.74, 6) is -0.768. The Morgan fingerprint density at radius 3 is 2.58 bits per heavy atom. The monoisotopic (exact) mass is 259 g/mol. The minimum atomic E-state index is -0.768. The van der Waals surface area contributed by atoms with Gasteiger partial charge < -0.3 is 5.11 Å². The largest absolute Gasteiger partial charge is 0.480 e. The number of nitriles is 1. The van der Waals surface area contributed by atoms with Crippen molar-refractivity contribution in [1.82, 2.24) is 9.80 Å². The molecule has 1 aliphatic heterocycles. The van der Waals surface area contributed by atoms with Gasteiger partial charge in [-0.3, -0.25) is 14.6 Å². The van der Waals surface area contributed by atoms with E-state index in [4.69, 9.17) is 10.4 Å². The number of aliphatic carboxylic acids is 1. The predicted octanol–water partition coefficient (Wildman–Crippen LogP) is 0.760. The van der Waals surface area contributed by atoms with E-state index in [1.54, 1.807) is 6.07 Å². The summed E-state index contributed by atoms with van der Waals surface area (Å²) >= 11 is 0. The normalized spacial score (nSPS) is 17.0. The van der Waals surface area contributed by atoms with Crippen LogP contribution in [0.25, 0.3) is 0 Å². The third-order valence-electron chi connectivity index (χ3n) is 3.29. The van der Waals surface area contributed by atoms with Gasteiger partial charge in [0.2, 0.25) is 0 Å². The van der Waals surface area contributed by atoms with Crippen LogP contribution in [0, 0.1) is 11.3 Å². The first-order valence-corrected chi connectivity index (χ1v) is 6.33. The van der Waals surface area contributed by atoms with Gasteiger partial charge >= 0.3 is 5.97 Å². The molecule has 5 heteroatoms. The minimum Gasteiger partial charge on any atom is -0.480 e.